The molecule has 3 aromatic rings. The molecule has 0 aliphatic carbocycles. The van der Waals surface area contributed by atoms with Gasteiger partial charge in [-0.05, 0) is 37.3 Å². The lowest BCUT2D eigenvalue weighted by Crippen LogP contribution is -3.18. The summed E-state index contributed by atoms with van der Waals surface area (Å²) in [5.74, 6) is 0.963. The number of nitrogens with one attached hydrogen (secondary N) is 2. The normalized spacial score (nSPS) is 16.4. The monoisotopic (exact) mass is 364 g/mol. The lowest BCUT2D eigenvalue weighted by molar-refractivity contribution is -0.914. The summed E-state index contributed by atoms with van der Waals surface area (Å²) < 4.78 is 5.32. The number of piperazine rings is 1. The fourth-order valence-corrected chi connectivity index (χ4v) is 3.97. The minimum Gasteiger partial charge on any atom is -0.497 e. The van der Waals surface area contributed by atoms with Crippen LogP contribution in [0.1, 0.15) is 17.3 Å². The summed E-state index contributed by atoms with van der Waals surface area (Å²) in [6.07, 6.45) is 1.84. The first-order valence-corrected chi connectivity index (χ1v) is 9.51. The number of aromatic nitrogens is 1. The van der Waals surface area contributed by atoms with E-state index in [0.29, 0.717) is 0 Å². The molecule has 0 saturated carbocycles. The van der Waals surface area contributed by atoms with Crippen molar-refractivity contribution >= 4 is 22.4 Å². The molecule has 1 atom stereocenters. The molecule has 2 aromatic carbocycles. The van der Waals surface area contributed by atoms with Crippen LogP contribution in [0.2, 0.25) is 0 Å². The molecule has 0 bridgehead atoms. The number of methoxy groups -OCH3 is 1. The van der Waals surface area contributed by atoms with Crippen LogP contribution in [0.3, 0.4) is 0 Å². The summed E-state index contributed by atoms with van der Waals surface area (Å²) in [5, 5.41) is 0.938. The third-order valence-electron chi connectivity index (χ3n) is 5.69. The topological polar surface area (TPSA) is 49.8 Å². The summed E-state index contributed by atoms with van der Waals surface area (Å²) in [7, 11) is 1.65. The number of benzene rings is 2. The second-order valence-corrected chi connectivity index (χ2v) is 7.18. The lowest BCUT2D eigenvalue weighted by Gasteiger charge is -2.36. The Balaban J connectivity index is 1.47. The number of para-hydroxylation sites is 1. The molecule has 27 heavy (non-hydrogen) atoms. The van der Waals surface area contributed by atoms with Gasteiger partial charge < -0.3 is 19.5 Å². The highest BCUT2D eigenvalue weighted by atomic mass is 16.5. The van der Waals surface area contributed by atoms with Gasteiger partial charge in [0.25, 0.3) is 0 Å². The van der Waals surface area contributed by atoms with E-state index in [1.54, 1.807) is 7.11 Å². The molecule has 5 heteroatoms. The van der Waals surface area contributed by atoms with Gasteiger partial charge in [-0.15, -0.1) is 0 Å². The van der Waals surface area contributed by atoms with Crippen LogP contribution in [-0.4, -0.2) is 50.1 Å². The molecule has 1 aliphatic rings. The van der Waals surface area contributed by atoms with Crippen LogP contribution >= 0.6 is 0 Å². The number of fused-ring (bicyclic) bond motifs is 1. The van der Waals surface area contributed by atoms with E-state index in [9.17, 15) is 4.79 Å². The number of quaternary nitrogens is 1. The first-order valence-electron chi connectivity index (χ1n) is 9.51. The number of ether oxygens (including phenoxy) is 1. The second kappa shape index (κ2) is 7.45. The Kier molecular flexibility index (Phi) is 4.86. The fraction of sp³-hybridized carbons (Fsp3) is 0.318. The van der Waals surface area contributed by atoms with Crippen molar-refractivity contribution in [1.29, 1.82) is 0 Å². The van der Waals surface area contributed by atoms with Crippen LogP contribution in [0.5, 0.6) is 5.75 Å². The van der Waals surface area contributed by atoms with Crippen molar-refractivity contribution in [2.45, 2.75) is 13.0 Å². The third-order valence-corrected chi connectivity index (χ3v) is 5.69. The SMILES string of the molecule is COc1ccc2[nH]cc(C(=O)[C@H](C)[NH+]3CCN(c4ccccc4)CC3)c2c1. The smallest absolute Gasteiger partial charge is 0.221 e. The molecule has 1 aromatic heterocycles. The quantitative estimate of drug-likeness (QED) is 0.682. The number of Topliss-reactive ketones (excluding diaryl/α,β-unsaturated/α-hetero) is 1. The molecule has 0 radical (unpaired) electrons. The highest BCUT2D eigenvalue weighted by molar-refractivity contribution is 6.09. The molecule has 140 valence electrons. The largest absolute Gasteiger partial charge is 0.497 e. The zero-order valence-corrected chi connectivity index (χ0v) is 15.9. The lowest BCUT2D eigenvalue weighted by atomic mass is 10.0. The molecule has 0 amide bonds. The average Bonchev–Trinajstić information content (AvgIpc) is 3.16. The van der Waals surface area contributed by atoms with Gasteiger partial charge in [-0.3, -0.25) is 4.79 Å². The van der Waals surface area contributed by atoms with Crippen molar-refractivity contribution < 1.29 is 14.4 Å². The Bertz CT molecular complexity index is 927. The van der Waals surface area contributed by atoms with Crippen LogP contribution < -0.4 is 14.5 Å². The third kappa shape index (κ3) is 3.43. The summed E-state index contributed by atoms with van der Waals surface area (Å²) in [4.78, 5) is 20.1. The highest BCUT2D eigenvalue weighted by Gasteiger charge is 2.31. The number of aromatic amines is 1. The van der Waals surface area contributed by atoms with Crippen molar-refractivity contribution in [3.8, 4) is 5.75 Å². The van der Waals surface area contributed by atoms with E-state index in [-0.39, 0.29) is 11.8 Å². The standard InChI is InChI=1S/C22H25N3O2/c1-16(24-10-12-25(13-11-24)17-6-4-3-5-7-17)22(26)20-15-23-21-9-8-18(27-2)14-19(20)21/h3-9,14-16,23H,10-13H2,1-2H3/p+1/t16-/m0/s1. The van der Waals surface area contributed by atoms with Crippen LogP contribution in [0.15, 0.2) is 54.7 Å². The van der Waals surface area contributed by atoms with Gasteiger partial charge in [0.15, 0.2) is 0 Å². The Labute approximate surface area is 159 Å². The van der Waals surface area contributed by atoms with Gasteiger partial charge in [-0.2, -0.15) is 0 Å². The first-order chi connectivity index (χ1) is 13.2. The number of anilines is 1. The zero-order valence-electron chi connectivity index (χ0n) is 15.9. The van der Waals surface area contributed by atoms with E-state index in [1.807, 2.05) is 30.5 Å². The number of H-pyrrole nitrogens is 1. The molecule has 2 heterocycles. The van der Waals surface area contributed by atoms with Crippen molar-refractivity contribution in [3.63, 3.8) is 0 Å². The van der Waals surface area contributed by atoms with Crippen LogP contribution in [0.25, 0.3) is 10.9 Å². The fourth-order valence-electron chi connectivity index (χ4n) is 3.97. The van der Waals surface area contributed by atoms with Gasteiger partial charge in [0.2, 0.25) is 5.78 Å². The van der Waals surface area contributed by atoms with Crippen LogP contribution in [-0.2, 0) is 0 Å². The Hall–Kier alpha value is -2.79. The maximum atomic E-state index is 13.2. The predicted octanol–water partition coefficient (Wildman–Crippen LogP) is 2.15. The predicted molar refractivity (Wildman–Crippen MR) is 108 cm³/mol. The van der Waals surface area contributed by atoms with Crippen LogP contribution in [0.4, 0.5) is 5.69 Å². The molecule has 0 unspecified atom stereocenters. The Morgan fingerprint density at radius 1 is 1.15 bits per heavy atom. The number of hydrogen-bond acceptors (Lipinski definition) is 3. The molecule has 1 fully saturated rings. The van der Waals surface area contributed by atoms with Gasteiger partial charge in [-0.1, -0.05) is 18.2 Å². The minimum absolute atomic E-state index is 0.0619. The van der Waals surface area contributed by atoms with Gasteiger partial charge in [-0.25, -0.2) is 0 Å². The molecule has 5 nitrogen and oxygen atoms in total. The molecule has 1 saturated heterocycles. The van der Waals surface area contributed by atoms with Gasteiger partial charge in [0, 0.05) is 28.4 Å². The molecule has 2 N–H and O–H groups in total. The number of carbonyl (C=O) groups is 1. The summed E-state index contributed by atoms with van der Waals surface area (Å²) >= 11 is 0. The molecule has 0 spiro atoms. The van der Waals surface area contributed by atoms with E-state index in [4.69, 9.17) is 4.74 Å². The minimum atomic E-state index is -0.0619. The number of ketones is 1. The molecule has 4 rings (SSSR count). The summed E-state index contributed by atoms with van der Waals surface area (Å²) in [6.45, 7) is 5.92. The maximum Gasteiger partial charge on any atom is 0.221 e. The van der Waals surface area contributed by atoms with Crippen molar-refractivity contribution in [3.05, 3.63) is 60.3 Å². The average molecular weight is 364 g/mol. The molecular formula is C22H26N3O2+. The van der Waals surface area contributed by atoms with Crippen molar-refractivity contribution in [1.82, 2.24) is 4.98 Å². The number of nitrogens with zero attached hydrogens (tertiary/aromatic N) is 1. The van der Waals surface area contributed by atoms with Crippen molar-refractivity contribution in [2.75, 3.05) is 38.2 Å². The van der Waals surface area contributed by atoms with Gasteiger partial charge in [0.05, 0.1) is 33.3 Å². The van der Waals surface area contributed by atoms with E-state index in [0.717, 1.165) is 48.4 Å². The number of rotatable bonds is 5. The van der Waals surface area contributed by atoms with E-state index in [1.165, 1.54) is 10.6 Å². The van der Waals surface area contributed by atoms with Gasteiger partial charge >= 0.3 is 0 Å². The Morgan fingerprint density at radius 2 is 1.89 bits per heavy atom. The van der Waals surface area contributed by atoms with E-state index >= 15 is 0 Å². The number of carbonyl (C=O) groups excluding carboxylic acids is 1. The van der Waals surface area contributed by atoms with E-state index in [2.05, 4.69) is 41.1 Å². The molecule has 1 aliphatic heterocycles. The highest BCUT2D eigenvalue weighted by Crippen LogP contribution is 2.24. The summed E-state index contributed by atoms with van der Waals surface area (Å²) in [6, 6.07) is 16.2. The van der Waals surface area contributed by atoms with Crippen LogP contribution in [0, 0.1) is 0 Å². The van der Waals surface area contributed by atoms with Crippen molar-refractivity contribution in [2.24, 2.45) is 0 Å². The van der Waals surface area contributed by atoms with E-state index < -0.39 is 0 Å². The molecular weight excluding hydrogens is 338 g/mol. The Morgan fingerprint density at radius 3 is 2.59 bits per heavy atom. The zero-order chi connectivity index (χ0) is 18.8. The maximum absolute atomic E-state index is 13.2. The van der Waals surface area contributed by atoms with Gasteiger partial charge in [0.1, 0.15) is 11.8 Å². The summed E-state index contributed by atoms with van der Waals surface area (Å²) in [5.41, 5.74) is 2.99. The number of hydrogen-bond donors (Lipinski definition) is 2. The second-order valence-electron chi connectivity index (χ2n) is 7.18. The first kappa shape index (κ1) is 17.6.